The molecule has 0 aromatic heterocycles. The van der Waals surface area contributed by atoms with Crippen LogP contribution in [0.1, 0.15) is 63.6 Å². The van der Waals surface area contributed by atoms with Crippen molar-refractivity contribution in [2.24, 2.45) is 5.41 Å². The Morgan fingerprint density at radius 1 is 0.788 bits per heavy atom. The second-order valence-electron chi connectivity index (χ2n) is 15.2. The lowest BCUT2D eigenvalue weighted by atomic mass is 9.76. The molecule has 10 heteroatoms. The largest absolute Gasteiger partial charge is 0.327 e. The number of halogens is 1. The maximum Gasteiger partial charge on any atom is 0.283 e. The highest BCUT2D eigenvalue weighted by Crippen LogP contribution is 2.51. The molecule has 270 valence electrons. The van der Waals surface area contributed by atoms with E-state index in [-0.39, 0.29) is 0 Å². The molecule has 0 radical (unpaired) electrons. The predicted molar refractivity (Wildman–Crippen MR) is 213 cm³/mol. The zero-order valence-electron chi connectivity index (χ0n) is 29.6. The second kappa shape index (κ2) is 13.1. The van der Waals surface area contributed by atoms with Crippen molar-refractivity contribution in [2.45, 2.75) is 58.8 Å². The summed E-state index contributed by atoms with van der Waals surface area (Å²) in [5.41, 5.74) is 6.54. The van der Waals surface area contributed by atoms with Gasteiger partial charge < -0.3 is 4.90 Å². The molecular formula is C42H42ClNO6S2. The SMILES string of the molecule is CC1(C)Cc2c(ccc3ccccc23)N(CS(=O)(=O)O)/C1=C/C=C1\CCCC(/C=C/C2=C(CS(=O)(=O)O)c3ccc4ccccc4c3C2(C)C)=C1Cl. The quantitative estimate of drug-likeness (QED) is 0.181. The van der Waals surface area contributed by atoms with E-state index >= 15 is 0 Å². The molecule has 4 aromatic rings. The molecule has 0 spiro atoms. The number of hydrogen-bond donors (Lipinski definition) is 2. The van der Waals surface area contributed by atoms with Gasteiger partial charge in [0, 0.05) is 27.2 Å². The molecule has 0 saturated carbocycles. The number of nitrogens with zero attached hydrogens (tertiary/aromatic N) is 1. The van der Waals surface area contributed by atoms with Crippen molar-refractivity contribution in [3.63, 3.8) is 0 Å². The normalized spacial score (nSPS) is 20.5. The summed E-state index contributed by atoms with van der Waals surface area (Å²) in [6, 6.07) is 23.9. The van der Waals surface area contributed by atoms with Crippen LogP contribution in [0.5, 0.6) is 0 Å². The highest BCUT2D eigenvalue weighted by molar-refractivity contribution is 7.86. The van der Waals surface area contributed by atoms with Crippen molar-refractivity contribution in [2.75, 3.05) is 16.5 Å². The van der Waals surface area contributed by atoms with Crippen LogP contribution in [-0.4, -0.2) is 37.6 Å². The molecule has 0 fully saturated rings. The van der Waals surface area contributed by atoms with Crippen molar-refractivity contribution in [3.05, 3.63) is 141 Å². The molecule has 0 amide bonds. The summed E-state index contributed by atoms with van der Waals surface area (Å²) in [6.07, 6.45) is 10.8. The number of benzene rings is 4. The number of allylic oxidation sites excluding steroid dienone is 9. The van der Waals surface area contributed by atoms with Crippen molar-refractivity contribution in [3.8, 4) is 0 Å². The summed E-state index contributed by atoms with van der Waals surface area (Å²) in [5.74, 6) is -1.08. The third-order valence-corrected chi connectivity index (χ3v) is 12.5. The lowest BCUT2D eigenvalue weighted by Gasteiger charge is -2.43. The third-order valence-electron chi connectivity index (χ3n) is 10.8. The minimum Gasteiger partial charge on any atom is -0.327 e. The second-order valence-corrected chi connectivity index (χ2v) is 18.5. The van der Waals surface area contributed by atoms with Gasteiger partial charge in [-0.1, -0.05) is 124 Å². The standard InChI is InChI=1S/C42H42ClNO6S2/c1-41(2)24-34-31-14-7-5-10-27(31)18-22-37(34)44(26-52(48,49)50)38(41)23-19-30-13-9-12-29(40(30)43)17-21-36-35(25-51(45,46)47)33-20-16-28-11-6-8-15-32(28)39(33)42(36,3)4/h5-8,10-11,14-23H,9,12-13,24-26H2,1-4H3,(H,45,46,47)(H,48,49,50)/b21-17+,30-19+,38-23+. The zero-order valence-corrected chi connectivity index (χ0v) is 32.0. The van der Waals surface area contributed by atoms with Crippen LogP contribution >= 0.6 is 11.6 Å². The Labute approximate surface area is 311 Å². The van der Waals surface area contributed by atoms with Gasteiger partial charge >= 0.3 is 0 Å². The smallest absolute Gasteiger partial charge is 0.283 e. The van der Waals surface area contributed by atoms with Crippen molar-refractivity contribution in [1.29, 1.82) is 0 Å². The fraction of sp³-hybridized carbons (Fsp3) is 0.286. The summed E-state index contributed by atoms with van der Waals surface area (Å²) < 4.78 is 69.4. The third kappa shape index (κ3) is 6.81. The van der Waals surface area contributed by atoms with Crippen molar-refractivity contribution < 1.29 is 25.9 Å². The van der Waals surface area contributed by atoms with Crippen LogP contribution < -0.4 is 4.90 Å². The van der Waals surface area contributed by atoms with Crippen LogP contribution in [0, 0.1) is 5.41 Å². The molecule has 0 unspecified atom stereocenters. The first-order valence-electron chi connectivity index (χ1n) is 17.4. The fourth-order valence-corrected chi connectivity index (χ4v) is 10.1. The Kier molecular flexibility index (Phi) is 9.19. The van der Waals surface area contributed by atoms with Gasteiger partial charge in [0.25, 0.3) is 20.2 Å². The van der Waals surface area contributed by atoms with Crippen LogP contribution in [0.25, 0.3) is 27.1 Å². The van der Waals surface area contributed by atoms with Gasteiger partial charge in [0.1, 0.15) is 5.75 Å². The minimum absolute atomic E-state index is 0.477. The fourth-order valence-electron chi connectivity index (χ4n) is 8.48. The average molecular weight is 756 g/mol. The van der Waals surface area contributed by atoms with E-state index in [1.807, 2.05) is 97.1 Å². The molecule has 2 aliphatic carbocycles. The molecular weight excluding hydrogens is 714 g/mol. The van der Waals surface area contributed by atoms with Gasteiger partial charge in [-0.05, 0) is 98.4 Å². The summed E-state index contributed by atoms with van der Waals surface area (Å²) in [6.45, 7) is 8.31. The molecule has 7 nitrogen and oxygen atoms in total. The lowest BCUT2D eigenvalue weighted by molar-refractivity contribution is 0.416. The molecule has 1 heterocycles. The van der Waals surface area contributed by atoms with Gasteiger partial charge in [-0.25, -0.2) is 0 Å². The van der Waals surface area contributed by atoms with Crippen LogP contribution in [-0.2, 0) is 32.1 Å². The van der Waals surface area contributed by atoms with E-state index in [0.29, 0.717) is 17.0 Å². The summed E-state index contributed by atoms with van der Waals surface area (Å²) in [5, 5.41) is 4.81. The predicted octanol–water partition coefficient (Wildman–Crippen LogP) is 9.90. The average Bonchev–Trinajstić information content (AvgIpc) is 3.27. The first-order chi connectivity index (χ1) is 24.4. The Hall–Kier alpha value is -3.99. The highest BCUT2D eigenvalue weighted by Gasteiger charge is 2.40. The van der Waals surface area contributed by atoms with Crippen LogP contribution in [0.15, 0.2) is 125 Å². The monoisotopic (exact) mass is 755 g/mol. The molecule has 1 aliphatic heterocycles. The Balaban J connectivity index is 1.29. The summed E-state index contributed by atoms with van der Waals surface area (Å²) in [7, 11) is -8.70. The molecule has 2 N–H and O–H groups in total. The van der Waals surface area contributed by atoms with Gasteiger partial charge in [0.05, 0.1) is 0 Å². The van der Waals surface area contributed by atoms with Crippen LogP contribution in [0.4, 0.5) is 5.69 Å². The maximum atomic E-state index is 12.4. The zero-order chi connectivity index (χ0) is 37.2. The first-order valence-corrected chi connectivity index (χ1v) is 21.0. The van der Waals surface area contributed by atoms with E-state index < -0.39 is 42.7 Å². The maximum absolute atomic E-state index is 12.4. The van der Waals surface area contributed by atoms with Crippen molar-refractivity contribution in [1.82, 2.24) is 0 Å². The highest BCUT2D eigenvalue weighted by atomic mass is 35.5. The van der Waals surface area contributed by atoms with E-state index in [2.05, 4.69) is 27.7 Å². The van der Waals surface area contributed by atoms with Crippen molar-refractivity contribution >= 4 is 64.6 Å². The number of fused-ring (bicyclic) bond motifs is 6. The Bertz CT molecular complexity index is 2540. The van der Waals surface area contributed by atoms with E-state index in [4.69, 9.17) is 11.6 Å². The summed E-state index contributed by atoms with van der Waals surface area (Å²) >= 11 is 7.12. The number of rotatable bonds is 7. The molecule has 4 aromatic carbocycles. The van der Waals surface area contributed by atoms with Gasteiger partial charge in [0.15, 0.2) is 5.88 Å². The van der Waals surface area contributed by atoms with Gasteiger partial charge in [-0.3, -0.25) is 9.11 Å². The molecule has 0 bridgehead atoms. The molecule has 3 aliphatic rings. The Morgan fingerprint density at radius 2 is 1.44 bits per heavy atom. The Morgan fingerprint density at radius 3 is 2.13 bits per heavy atom. The molecule has 0 saturated heterocycles. The first kappa shape index (κ1) is 36.4. The van der Waals surface area contributed by atoms with Gasteiger partial charge in [-0.2, -0.15) is 16.8 Å². The molecule has 7 rings (SSSR count). The molecule has 0 atom stereocenters. The molecule has 52 heavy (non-hydrogen) atoms. The van der Waals surface area contributed by atoms with E-state index in [9.17, 15) is 25.9 Å². The topological polar surface area (TPSA) is 112 Å². The number of anilines is 1. The number of hydrogen-bond acceptors (Lipinski definition) is 5. The van der Waals surface area contributed by atoms with E-state index in [0.717, 1.165) is 85.6 Å². The van der Waals surface area contributed by atoms with E-state index in [1.54, 1.807) is 4.90 Å². The van der Waals surface area contributed by atoms with Gasteiger partial charge in [-0.15, -0.1) is 0 Å². The lowest BCUT2D eigenvalue weighted by Crippen LogP contribution is -2.41. The van der Waals surface area contributed by atoms with Crippen LogP contribution in [0.3, 0.4) is 0 Å². The minimum atomic E-state index is -4.38. The summed E-state index contributed by atoms with van der Waals surface area (Å²) in [4.78, 5) is 1.70. The van der Waals surface area contributed by atoms with E-state index in [1.165, 1.54) is 0 Å². The van der Waals surface area contributed by atoms with Gasteiger partial charge in [0.2, 0.25) is 0 Å². The van der Waals surface area contributed by atoms with Crippen LogP contribution in [0.2, 0.25) is 0 Å².